The van der Waals surface area contributed by atoms with Crippen molar-refractivity contribution in [2.75, 3.05) is 17.9 Å². The van der Waals surface area contributed by atoms with Gasteiger partial charge in [-0.25, -0.2) is 8.42 Å². The molecule has 0 saturated heterocycles. The van der Waals surface area contributed by atoms with E-state index in [-0.39, 0.29) is 17.3 Å². The Kier molecular flexibility index (Phi) is 9.00. The summed E-state index contributed by atoms with van der Waals surface area (Å²) in [6.07, 6.45) is 0. The molecule has 0 aliphatic carbocycles. The molecule has 0 spiro atoms. The lowest BCUT2D eigenvalue weighted by atomic mass is 10.1. The highest BCUT2D eigenvalue weighted by Gasteiger charge is 2.32. The molecule has 0 saturated carbocycles. The molecule has 3 rings (SSSR count). The van der Waals surface area contributed by atoms with Crippen molar-refractivity contribution in [1.82, 2.24) is 10.2 Å². The number of hydrogen-bond donors (Lipinski definition) is 1. The number of aryl methyl sites for hydroxylation is 1. The molecule has 3 aromatic rings. The van der Waals surface area contributed by atoms with Crippen LogP contribution in [0.25, 0.3) is 0 Å². The SMILES string of the molecule is CNC(=O)C(C)N(Cc1ccc(Cl)cc1)C(=O)CN(c1cccc(C)c1)S(=O)(=O)c1ccc(Cl)cc1. The number of sulfonamides is 1. The van der Waals surface area contributed by atoms with E-state index in [0.717, 1.165) is 15.4 Å². The third-order valence-corrected chi connectivity index (χ3v) is 7.94. The number of benzene rings is 3. The highest BCUT2D eigenvalue weighted by Crippen LogP contribution is 2.26. The Morgan fingerprint density at radius 3 is 2.08 bits per heavy atom. The number of anilines is 1. The van der Waals surface area contributed by atoms with Gasteiger partial charge in [-0.3, -0.25) is 13.9 Å². The van der Waals surface area contributed by atoms with E-state index in [2.05, 4.69) is 5.32 Å². The fourth-order valence-corrected chi connectivity index (χ4v) is 5.28. The maximum atomic E-state index is 13.7. The van der Waals surface area contributed by atoms with Gasteiger partial charge in [-0.1, -0.05) is 47.5 Å². The number of carbonyl (C=O) groups is 2. The van der Waals surface area contributed by atoms with E-state index in [4.69, 9.17) is 23.2 Å². The molecular formula is C26H27Cl2N3O4S. The minimum Gasteiger partial charge on any atom is -0.357 e. The normalized spacial score (nSPS) is 12.0. The van der Waals surface area contributed by atoms with Crippen LogP contribution in [0.15, 0.2) is 77.7 Å². The molecule has 0 aliphatic heterocycles. The van der Waals surface area contributed by atoms with Gasteiger partial charge in [0.25, 0.3) is 10.0 Å². The number of carbonyl (C=O) groups excluding carboxylic acids is 2. The maximum absolute atomic E-state index is 13.7. The Morgan fingerprint density at radius 1 is 0.944 bits per heavy atom. The van der Waals surface area contributed by atoms with Crippen LogP contribution in [0.3, 0.4) is 0 Å². The van der Waals surface area contributed by atoms with Crippen molar-refractivity contribution < 1.29 is 18.0 Å². The first kappa shape index (κ1) is 27.5. The minimum atomic E-state index is -4.14. The lowest BCUT2D eigenvalue weighted by Gasteiger charge is -2.32. The van der Waals surface area contributed by atoms with Crippen molar-refractivity contribution in [2.24, 2.45) is 0 Å². The van der Waals surface area contributed by atoms with E-state index in [1.807, 2.05) is 13.0 Å². The molecule has 1 N–H and O–H groups in total. The second kappa shape index (κ2) is 11.8. The van der Waals surface area contributed by atoms with Gasteiger partial charge in [-0.05, 0) is 73.5 Å². The molecule has 0 aliphatic rings. The van der Waals surface area contributed by atoms with Crippen LogP contribution in [0.1, 0.15) is 18.1 Å². The number of nitrogens with zero attached hydrogens (tertiary/aromatic N) is 2. The van der Waals surface area contributed by atoms with Crippen LogP contribution in [-0.2, 0) is 26.2 Å². The lowest BCUT2D eigenvalue weighted by molar-refractivity contribution is -0.139. The summed E-state index contributed by atoms with van der Waals surface area (Å²) in [5, 5.41) is 3.48. The number of halogens is 2. The molecular weight excluding hydrogens is 521 g/mol. The molecule has 0 heterocycles. The summed E-state index contributed by atoms with van der Waals surface area (Å²) in [4.78, 5) is 27.5. The topological polar surface area (TPSA) is 86.8 Å². The van der Waals surface area contributed by atoms with Gasteiger partial charge >= 0.3 is 0 Å². The predicted molar refractivity (Wildman–Crippen MR) is 143 cm³/mol. The molecule has 190 valence electrons. The molecule has 3 aromatic carbocycles. The summed E-state index contributed by atoms with van der Waals surface area (Å²) >= 11 is 11.9. The molecule has 1 atom stereocenters. The first-order chi connectivity index (χ1) is 17.0. The Hall–Kier alpha value is -3.07. The molecule has 0 bridgehead atoms. The van der Waals surface area contributed by atoms with E-state index in [9.17, 15) is 18.0 Å². The van der Waals surface area contributed by atoms with E-state index >= 15 is 0 Å². The first-order valence-electron chi connectivity index (χ1n) is 11.1. The number of amides is 2. The van der Waals surface area contributed by atoms with E-state index in [1.54, 1.807) is 49.4 Å². The molecule has 2 amide bonds. The van der Waals surface area contributed by atoms with Crippen LogP contribution >= 0.6 is 23.2 Å². The number of hydrogen-bond acceptors (Lipinski definition) is 4. The van der Waals surface area contributed by atoms with Gasteiger partial charge in [-0.15, -0.1) is 0 Å². The van der Waals surface area contributed by atoms with Crippen molar-refractivity contribution in [3.63, 3.8) is 0 Å². The summed E-state index contributed by atoms with van der Waals surface area (Å²) < 4.78 is 28.4. The van der Waals surface area contributed by atoms with Crippen molar-refractivity contribution in [3.8, 4) is 0 Å². The van der Waals surface area contributed by atoms with Crippen molar-refractivity contribution >= 4 is 50.7 Å². The highest BCUT2D eigenvalue weighted by molar-refractivity contribution is 7.92. The first-order valence-corrected chi connectivity index (χ1v) is 13.3. The van der Waals surface area contributed by atoms with Gasteiger partial charge in [0.05, 0.1) is 10.6 Å². The van der Waals surface area contributed by atoms with Gasteiger partial charge in [0.15, 0.2) is 0 Å². The standard InChI is InChI=1S/C26H27Cl2N3O4S/c1-18-5-4-6-23(15-18)31(36(34,35)24-13-11-22(28)12-14-24)17-25(32)30(19(2)26(33)29-3)16-20-7-9-21(27)10-8-20/h4-15,19H,16-17H2,1-3H3,(H,29,33). The van der Waals surface area contributed by atoms with Crippen LogP contribution < -0.4 is 9.62 Å². The molecule has 36 heavy (non-hydrogen) atoms. The Morgan fingerprint density at radius 2 is 1.53 bits per heavy atom. The monoisotopic (exact) mass is 547 g/mol. The van der Waals surface area contributed by atoms with Gasteiger partial charge in [0.2, 0.25) is 11.8 Å². The zero-order valence-electron chi connectivity index (χ0n) is 20.1. The number of nitrogens with one attached hydrogen (secondary N) is 1. The summed E-state index contributed by atoms with van der Waals surface area (Å²) in [6.45, 7) is 3.01. The van der Waals surface area contributed by atoms with Crippen LogP contribution in [0.2, 0.25) is 10.0 Å². The van der Waals surface area contributed by atoms with Gasteiger partial charge in [0.1, 0.15) is 12.6 Å². The fraction of sp³-hybridized carbons (Fsp3) is 0.231. The third-order valence-electron chi connectivity index (χ3n) is 5.65. The summed E-state index contributed by atoms with van der Waals surface area (Å²) in [7, 11) is -2.66. The number of rotatable bonds is 9. The number of likely N-dealkylation sites (N-methyl/N-ethyl adjacent to an activating group) is 1. The van der Waals surface area contributed by atoms with Gasteiger partial charge in [-0.2, -0.15) is 0 Å². The Labute approximate surface area is 221 Å². The summed E-state index contributed by atoms with van der Waals surface area (Å²) in [5.41, 5.74) is 1.90. The zero-order chi connectivity index (χ0) is 26.5. The fourth-order valence-electron chi connectivity index (χ4n) is 3.62. The molecule has 1 unspecified atom stereocenters. The van der Waals surface area contributed by atoms with E-state index < -0.39 is 28.5 Å². The smallest absolute Gasteiger partial charge is 0.264 e. The van der Waals surface area contributed by atoms with Crippen LogP contribution in [-0.4, -0.2) is 44.8 Å². The molecule has 10 heteroatoms. The molecule has 0 aromatic heterocycles. The van der Waals surface area contributed by atoms with Gasteiger partial charge < -0.3 is 10.2 Å². The van der Waals surface area contributed by atoms with E-state index in [0.29, 0.717) is 15.7 Å². The Bertz CT molecular complexity index is 1330. The minimum absolute atomic E-state index is 0.00944. The Balaban J connectivity index is 2.02. The largest absolute Gasteiger partial charge is 0.357 e. The molecule has 0 radical (unpaired) electrons. The van der Waals surface area contributed by atoms with Gasteiger partial charge in [0, 0.05) is 23.6 Å². The van der Waals surface area contributed by atoms with Crippen LogP contribution in [0.5, 0.6) is 0 Å². The molecule has 0 fully saturated rings. The maximum Gasteiger partial charge on any atom is 0.264 e. The second-order valence-corrected chi connectivity index (χ2v) is 11.0. The third kappa shape index (κ3) is 6.57. The molecule has 7 nitrogen and oxygen atoms in total. The zero-order valence-corrected chi connectivity index (χ0v) is 22.4. The predicted octanol–water partition coefficient (Wildman–Crippen LogP) is 4.66. The van der Waals surface area contributed by atoms with Crippen LogP contribution in [0.4, 0.5) is 5.69 Å². The van der Waals surface area contributed by atoms with Crippen molar-refractivity contribution in [1.29, 1.82) is 0 Å². The quantitative estimate of drug-likeness (QED) is 0.422. The summed E-state index contributed by atoms with van der Waals surface area (Å²) in [6, 6.07) is 18.6. The lowest BCUT2D eigenvalue weighted by Crippen LogP contribution is -2.50. The van der Waals surface area contributed by atoms with E-state index in [1.165, 1.54) is 36.2 Å². The van der Waals surface area contributed by atoms with Crippen molar-refractivity contribution in [2.45, 2.75) is 31.3 Å². The second-order valence-electron chi connectivity index (χ2n) is 8.24. The van der Waals surface area contributed by atoms with Crippen LogP contribution in [0, 0.1) is 6.92 Å². The average molecular weight is 548 g/mol. The summed E-state index contributed by atoms with van der Waals surface area (Å²) in [5.74, 6) is -0.917. The highest BCUT2D eigenvalue weighted by atomic mass is 35.5. The van der Waals surface area contributed by atoms with Crippen molar-refractivity contribution in [3.05, 3.63) is 94.0 Å². The average Bonchev–Trinajstić information content (AvgIpc) is 2.86.